The van der Waals surface area contributed by atoms with Gasteiger partial charge < -0.3 is 15.8 Å². The van der Waals surface area contributed by atoms with E-state index in [4.69, 9.17) is 45.3 Å². The van der Waals surface area contributed by atoms with Crippen molar-refractivity contribution in [2.75, 3.05) is 11.1 Å². The summed E-state index contributed by atoms with van der Waals surface area (Å²) < 4.78 is 5.08. The summed E-state index contributed by atoms with van der Waals surface area (Å²) in [6, 6.07) is 8.75. The van der Waals surface area contributed by atoms with Crippen molar-refractivity contribution in [1.82, 2.24) is 0 Å². The van der Waals surface area contributed by atoms with Crippen LogP contribution in [-0.4, -0.2) is 18.0 Å². The number of benzene rings is 1. The minimum Gasteiger partial charge on any atom is -0.445 e. The Morgan fingerprint density at radius 3 is 2.42 bits per heavy atom. The first-order chi connectivity index (χ1) is 11.3. The summed E-state index contributed by atoms with van der Waals surface area (Å²) in [5.41, 5.74) is 5.98. The van der Waals surface area contributed by atoms with Gasteiger partial charge in [0.15, 0.2) is 6.10 Å². The van der Waals surface area contributed by atoms with Crippen LogP contribution < -0.4 is 16.0 Å². The number of aromatic nitrogens is 1. The number of halogens is 3. The van der Waals surface area contributed by atoms with E-state index in [9.17, 15) is 9.59 Å². The number of H-pyrrole nitrogens is 1. The lowest BCUT2D eigenvalue weighted by Crippen LogP contribution is -2.32. The van der Waals surface area contributed by atoms with Crippen molar-refractivity contribution in [1.29, 1.82) is 0 Å². The highest BCUT2D eigenvalue weighted by Gasteiger charge is 2.30. The van der Waals surface area contributed by atoms with E-state index in [0.717, 1.165) is 0 Å². The Morgan fingerprint density at radius 1 is 1.17 bits per heavy atom. The van der Waals surface area contributed by atoms with Gasteiger partial charge in [-0.25, -0.2) is 4.79 Å². The minimum atomic E-state index is -1.07. The molecule has 0 aliphatic rings. The van der Waals surface area contributed by atoms with E-state index in [1.54, 1.807) is 24.3 Å². The van der Waals surface area contributed by atoms with Gasteiger partial charge in [0.1, 0.15) is 10.0 Å². The fourth-order valence-corrected chi connectivity index (χ4v) is 2.35. The average molecular weight is 390 g/mol. The molecule has 4 N–H and O–H groups in total. The molecule has 0 saturated carbocycles. The minimum absolute atomic E-state index is 0.00640. The van der Waals surface area contributed by atoms with Gasteiger partial charge in [0.2, 0.25) is 0 Å². The van der Waals surface area contributed by atoms with Crippen molar-refractivity contribution < 1.29 is 19.3 Å². The fraction of sp³-hybridized carbons (Fsp3) is 0.133. The van der Waals surface area contributed by atoms with E-state index in [1.807, 2.05) is 6.07 Å². The Balaban J connectivity index is 2.10. The molecule has 0 bridgehead atoms. The van der Waals surface area contributed by atoms with E-state index in [-0.39, 0.29) is 26.6 Å². The summed E-state index contributed by atoms with van der Waals surface area (Å²) in [6.07, 6.45) is -1.07. The van der Waals surface area contributed by atoms with Gasteiger partial charge in [-0.2, -0.15) is 4.98 Å². The first kappa shape index (κ1) is 18.3. The van der Waals surface area contributed by atoms with Gasteiger partial charge in [0, 0.05) is 5.69 Å². The molecule has 1 amide bonds. The van der Waals surface area contributed by atoms with Gasteiger partial charge in [-0.3, -0.25) is 4.79 Å². The van der Waals surface area contributed by atoms with Gasteiger partial charge in [-0.15, -0.1) is 0 Å². The molecule has 2 rings (SSSR count). The molecule has 126 valence electrons. The molecule has 0 spiro atoms. The Kier molecular flexibility index (Phi) is 5.88. The maximum Gasteiger partial charge on any atom is 0.406 e. The van der Waals surface area contributed by atoms with Crippen LogP contribution in [0.15, 0.2) is 30.3 Å². The number of pyridine rings is 1. The number of ether oxygens (including phenoxy) is 1. The highest BCUT2D eigenvalue weighted by Crippen LogP contribution is 2.32. The molecule has 0 radical (unpaired) electrons. The van der Waals surface area contributed by atoms with Gasteiger partial charge in [-0.05, 0) is 30.7 Å². The first-order valence-electron chi connectivity index (χ1n) is 6.73. The fourth-order valence-electron chi connectivity index (χ4n) is 1.75. The number of rotatable bonds is 4. The predicted octanol–water partition coefficient (Wildman–Crippen LogP) is 3.23. The molecule has 1 aromatic heterocycles. The normalized spacial score (nSPS) is 11.7. The molecule has 0 aliphatic heterocycles. The van der Waals surface area contributed by atoms with Crippen molar-refractivity contribution in [3.8, 4) is 0 Å². The van der Waals surface area contributed by atoms with E-state index in [0.29, 0.717) is 5.69 Å². The maximum atomic E-state index is 12.2. The number of carbonyl (C=O) groups excluding carboxylic acids is 2. The number of nitrogens with two attached hydrogens (primary N) is 1. The lowest BCUT2D eigenvalue weighted by Gasteiger charge is -2.12. The topological polar surface area (TPSA) is 95.6 Å². The van der Waals surface area contributed by atoms with Gasteiger partial charge in [-0.1, -0.05) is 41.4 Å². The van der Waals surface area contributed by atoms with E-state index in [1.165, 1.54) is 6.92 Å². The van der Waals surface area contributed by atoms with Gasteiger partial charge in [0.05, 0.1) is 5.69 Å². The lowest BCUT2D eigenvalue weighted by molar-refractivity contribution is -0.380. The molecule has 0 unspecified atom stereocenters. The van der Waals surface area contributed by atoms with Crippen LogP contribution in [0.2, 0.25) is 15.2 Å². The summed E-state index contributed by atoms with van der Waals surface area (Å²) in [6.45, 7) is 1.42. The van der Waals surface area contributed by atoms with Crippen molar-refractivity contribution in [3.63, 3.8) is 0 Å². The Bertz CT molecular complexity index is 785. The van der Waals surface area contributed by atoms with Crippen molar-refractivity contribution in [3.05, 3.63) is 51.2 Å². The monoisotopic (exact) mass is 388 g/mol. The number of esters is 1. The van der Waals surface area contributed by atoms with Crippen LogP contribution in [0.1, 0.15) is 17.4 Å². The SMILES string of the molecule is C[C@H](OC(=O)c1[nH+]c(Cl)c(Cl)c(N)c1Cl)C(=O)Nc1ccccc1. The van der Waals surface area contributed by atoms with Crippen LogP contribution in [-0.2, 0) is 9.53 Å². The Labute approximate surface area is 152 Å². The zero-order valence-electron chi connectivity index (χ0n) is 12.4. The Morgan fingerprint density at radius 2 is 1.79 bits per heavy atom. The summed E-state index contributed by atoms with van der Waals surface area (Å²) in [7, 11) is 0. The van der Waals surface area contributed by atoms with Crippen molar-refractivity contribution in [2.45, 2.75) is 13.0 Å². The Hall–Kier alpha value is -2.02. The molecular weight excluding hydrogens is 377 g/mol. The number of para-hydroxylation sites is 1. The maximum absolute atomic E-state index is 12.2. The zero-order chi connectivity index (χ0) is 17.9. The highest BCUT2D eigenvalue weighted by atomic mass is 35.5. The lowest BCUT2D eigenvalue weighted by atomic mass is 10.3. The van der Waals surface area contributed by atoms with E-state index >= 15 is 0 Å². The molecule has 9 heteroatoms. The second-order valence-electron chi connectivity index (χ2n) is 4.76. The third-order valence-corrected chi connectivity index (χ3v) is 4.18. The number of carbonyl (C=O) groups is 2. The standard InChI is InChI=1S/C15H12Cl3N3O3/c1-7(14(22)20-8-5-3-2-4-6-8)24-15(23)12-9(16)11(19)10(17)13(18)21-12/h2-7H,1H3,(H2,19,21)(H,20,22)/p+1/t7-/m0/s1. The molecule has 1 heterocycles. The summed E-state index contributed by atoms with van der Waals surface area (Å²) in [5.74, 6) is -1.39. The largest absolute Gasteiger partial charge is 0.445 e. The molecule has 2 aromatic rings. The molecule has 24 heavy (non-hydrogen) atoms. The van der Waals surface area contributed by atoms with Crippen LogP contribution in [0.4, 0.5) is 11.4 Å². The molecule has 0 fully saturated rings. The van der Waals surface area contributed by atoms with E-state index < -0.39 is 18.0 Å². The quantitative estimate of drug-likeness (QED) is 0.620. The number of amides is 1. The van der Waals surface area contributed by atoms with Crippen LogP contribution in [0, 0.1) is 0 Å². The van der Waals surface area contributed by atoms with Crippen LogP contribution >= 0.6 is 34.8 Å². The molecule has 6 nitrogen and oxygen atoms in total. The molecule has 0 aliphatic carbocycles. The van der Waals surface area contributed by atoms with E-state index in [2.05, 4.69) is 10.3 Å². The first-order valence-corrected chi connectivity index (χ1v) is 7.86. The van der Waals surface area contributed by atoms with Crippen LogP contribution in [0.25, 0.3) is 0 Å². The number of nitrogen functional groups attached to an aromatic ring is 1. The zero-order valence-corrected chi connectivity index (χ0v) is 14.7. The number of hydrogen-bond donors (Lipinski definition) is 2. The molecule has 0 saturated heterocycles. The summed E-state index contributed by atoms with van der Waals surface area (Å²) in [4.78, 5) is 26.7. The highest BCUT2D eigenvalue weighted by molar-refractivity contribution is 6.45. The summed E-state index contributed by atoms with van der Waals surface area (Å²) in [5, 5.41) is 2.41. The predicted molar refractivity (Wildman–Crippen MR) is 92.4 cm³/mol. The van der Waals surface area contributed by atoms with Crippen molar-refractivity contribution in [2.24, 2.45) is 0 Å². The second kappa shape index (κ2) is 7.70. The number of hydrogen-bond acceptors (Lipinski definition) is 4. The molecule has 1 aromatic carbocycles. The van der Waals surface area contributed by atoms with Gasteiger partial charge >= 0.3 is 11.7 Å². The third-order valence-electron chi connectivity index (χ3n) is 3.02. The smallest absolute Gasteiger partial charge is 0.406 e. The molecule has 1 atom stereocenters. The van der Waals surface area contributed by atoms with Crippen molar-refractivity contribution >= 4 is 58.1 Å². The number of anilines is 2. The van der Waals surface area contributed by atoms with Gasteiger partial charge in [0.25, 0.3) is 11.1 Å². The number of aromatic amines is 1. The third kappa shape index (κ3) is 4.08. The average Bonchev–Trinajstić information content (AvgIpc) is 2.56. The number of nitrogens with one attached hydrogen (secondary N) is 2. The summed E-state index contributed by atoms with van der Waals surface area (Å²) >= 11 is 17.6. The molecular formula is C15H13Cl3N3O3+. The van der Waals surface area contributed by atoms with Crippen LogP contribution in [0.5, 0.6) is 0 Å². The van der Waals surface area contributed by atoms with Crippen LogP contribution in [0.3, 0.4) is 0 Å². The second-order valence-corrected chi connectivity index (χ2v) is 5.89.